The van der Waals surface area contributed by atoms with Crippen LogP contribution in [0.25, 0.3) is 0 Å². The zero-order valence-electron chi connectivity index (χ0n) is 10.8. The molecule has 1 fully saturated rings. The van der Waals surface area contributed by atoms with Crippen LogP contribution in [0.4, 0.5) is 10.5 Å². The summed E-state index contributed by atoms with van der Waals surface area (Å²) in [6.07, 6.45) is 1.27. The summed E-state index contributed by atoms with van der Waals surface area (Å²) < 4.78 is 5.29. The Balaban J connectivity index is 1.88. The van der Waals surface area contributed by atoms with Crippen molar-refractivity contribution < 1.29 is 14.3 Å². The van der Waals surface area contributed by atoms with Crippen molar-refractivity contribution in [1.29, 1.82) is 0 Å². The molecule has 1 saturated heterocycles. The summed E-state index contributed by atoms with van der Waals surface area (Å²) in [5, 5.41) is 2.89. The summed E-state index contributed by atoms with van der Waals surface area (Å²) in [5.74, 6) is -0.257. The van der Waals surface area contributed by atoms with Gasteiger partial charge in [0.1, 0.15) is 6.10 Å². The number of urea groups is 1. The van der Waals surface area contributed by atoms with Crippen molar-refractivity contribution in [3.63, 3.8) is 0 Å². The van der Waals surface area contributed by atoms with Gasteiger partial charge >= 0.3 is 12.0 Å². The van der Waals surface area contributed by atoms with Crippen LogP contribution in [0.2, 0.25) is 0 Å². The first-order valence-corrected chi connectivity index (χ1v) is 6.49. The standard InChI is InChI=1S/C14H16N2O3/c1-9(17)19-10-6-7-16-13(8-10)11-4-2-3-5-12(11)15-14(16)18/h2-5,10,13H,6-8H2,1H3,(H,15,18)/t10?,13-/m0/s1. The number of benzene rings is 1. The number of para-hydroxylation sites is 1. The number of nitrogens with one attached hydrogen (secondary N) is 1. The summed E-state index contributed by atoms with van der Waals surface area (Å²) in [6, 6.07) is 7.72. The van der Waals surface area contributed by atoms with Crippen LogP contribution >= 0.6 is 0 Å². The van der Waals surface area contributed by atoms with Gasteiger partial charge in [0, 0.05) is 32.0 Å². The number of fused-ring (bicyclic) bond motifs is 3. The van der Waals surface area contributed by atoms with Gasteiger partial charge in [0.15, 0.2) is 0 Å². The van der Waals surface area contributed by atoms with Gasteiger partial charge in [-0.05, 0) is 11.6 Å². The molecule has 2 aliphatic rings. The first-order valence-electron chi connectivity index (χ1n) is 6.49. The monoisotopic (exact) mass is 260 g/mol. The summed E-state index contributed by atoms with van der Waals surface area (Å²) in [4.78, 5) is 24.9. The molecule has 1 unspecified atom stereocenters. The predicted molar refractivity (Wildman–Crippen MR) is 69.7 cm³/mol. The van der Waals surface area contributed by atoms with E-state index in [1.807, 2.05) is 29.2 Å². The molecule has 5 heteroatoms. The predicted octanol–water partition coefficient (Wildman–Crippen LogP) is 2.30. The fourth-order valence-electron chi connectivity index (χ4n) is 2.90. The van der Waals surface area contributed by atoms with Gasteiger partial charge in [0.05, 0.1) is 6.04 Å². The van der Waals surface area contributed by atoms with Gasteiger partial charge in [0.25, 0.3) is 0 Å². The molecule has 19 heavy (non-hydrogen) atoms. The van der Waals surface area contributed by atoms with Crippen molar-refractivity contribution >= 4 is 17.7 Å². The van der Waals surface area contributed by atoms with Crippen LogP contribution in [0.1, 0.15) is 31.4 Å². The van der Waals surface area contributed by atoms with E-state index in [4.69, 9.17) is 4.74 Å². The molecule has 2 aliphatic heterocycles. The SMILES string of the molecule is CC(=O)OC1CCN2C(=O)Nc3ccccc3[C@@H]2C1. The van der Waals surface area contributed by atoms with Crippen molar-refractivity contribution in [3.05, 3.63) is 29.8 Å². The molecule has 2 amide bonds. The highest BCUT2D eigenvalue weighted by atomic mass is 16.5. The average Bonchev–Trinajstić information content (AvgIpc) is 2.38. The highest BCUT2D eigenvalue weighted by Crippen LogP contribution is 2.39. The molecule has 0 spiro atoms. The van der Waals surface area contributed by atoms with Crippen LogP contribution in [0.5, 0.6) is 0 Å². The number of amides is 2. The van der Waals surface area contributed by atoms with Gasteiger partial charge in [-0.15, -0.1) is 0 Å². The normalized spacial score (nSPS) is 25.1. The Kier molecular flexibility index (Phi) is 2.89. The van der Waals surface area contributed by atoms with E-state index in [1.54, 1.807) is 0 Å². The van der Waals surface area contributed by atoms with Gasteiger partial charge < -0.3 is 15.0 Å². The summed E-state index contributed by atoms with van der Waals surface area (Å²) in [6.45, 7) is 2.04. The van der Waals surface area contributed by atoms with Crippen LogP contribution in [0.3, 0.4) is 0 Å². The molecule has 1 N–H and O–H groups in total. The molecule has 1 aromatic rings. The Morgan fingerprint density at radius 3 is 3.00 bits per heavy atom. The Hall–Kier alpha value is -2.04. The van der Waals surface area contributed by atoms with Crippen LogP contribution < -0.4 is 5.32 Å². The van der Waals surface area contributed by atoms with Gasteiger partial charge in [0.2, 0.25) is 0 Å². The Labute approximate surface area is 111 Å². The third-order valence-electron chi connectivity index (χ3n) is 3.71. The minimum absolute atomic E-state index is 0.00282. The fraction of sp³-hybridized carbons (Fsp3) is 0.429. The zero-order valence-corrected chi connectivity index (χ0v) is 10.8. The number of carbonyl (C=O) groups excluding carboxylic acids is 2. The quantitative estimate of drug-likeness (QED) is 0.788. The van der Waals surface area contributed by atoms with Gasteiger partial charge in [-0.3, -0.25) is 4.79 Å². The highest BCUT2D eigenvalue weighted by molar-refractivity contribution is 5.93. The lowest BCUT2D eigenvalue weighted by molar-refractivity contribution is -0.149. The van der Waals surface area contributed by atoms with Crippen LogP contribution in [-0.4, -0.2) is 29.5 Å². The number of piperidine rings is 1. The highest BCUT2D eigenvalue weighted by Gasteiger charge is 2.38. The third-order valence-corrected chi connectivity index (χ3v) is 3.71. The number of hydrogen-bond donors (Lipinski definition) is 1. The van der Waals surface area contributed by atoms with Crippen LogP contribution in [0, 0.1) is 0 Å². The van der Waals surface area contributed by atoms with Crippen LogP contribution in [-0.2, 0) is 9.53 Å². The molecule has 0 aliphatic carbocycles. The number of nitrogens with zero attached hydrogens (tertiary/aromatic N) is 1. The number of carbonyl (C=O) groups is 2. The topological polar surface area (TPSA) is 58.6 Å². The van der Waals surface area contributed by atoms with E-state index in [-0.39, 0.29) is 24.1 Å². The van der Waals surface area contributed by atoms with E-state index >= 15 is 0 Å². The number of rotatable bonds is 1. The number of anilines is 1. The van der Waals surface area contributed by atoms with E-state index < -0.39 is 0 Å². The zero-order chi connectivity index (χ0) is 13.4. The van der Waals surface area contributed by atoms with E-state index in [0.29, 0.717) is 19.4 Å². The molecule has 0 aromatic heterocycles. The lowest BCUT2D eigenvalue weighted by atomic mass is 9.91. The summed E-state index contributed by atoms with van der Waals surface area (Å²) >= 11 is 0. The molecular weight excluding hydrogens is 244 g/mol. The van der Waals surface area contributed by atoms with Crippen molar-refractivity contribution in [2.24, 2.45) is 0 Å². The maximum Gasteiger partial charge on any atom is 0.322 e. The molecule has 5 nitrogen and oxygen atoms in total. The lowest BCUT2D eigenvalue weighted by Crippen LogP contribution is -2.48. The molecule has 100 valence electrons. The third kappa shape index (κ3) is 2.16. The first kappa shape index (κ1) is 12.0. The number of ether oxygens (including phenoxy) is 1. The average molecular weight is 260 g/mol. The molecule has 1 aromatic carbocycles. The summed E-state index contributed by atoms with van der Waals surface area (Å²) in [5.41, 5.74) is 1.95. The second kappa shape index (κ2) is 4.57. The molecule has 0 saturated carbocycles. The minimum atomic E-state index is -0.257. The number of esters is 1. The van der Waals surface area contributed by atoms with Gasteiger partial charge in [-0.2, -0.15) is 0 Å². The molecule has 2 heterocycles. The smallest absolute Gasteiger partial charge is 0.322 e. The fourth-order valence-corrected chi connectivity index (χ4v) is 2.90. The van der Waals surface area contributed by atoms with E-state index in [9.17, 15) is 9.59 Å². The molecule has 3 rings (SSSR count). The molecule has 0 radical (unpaired) electrons. The maximum atomic E-state index is 12.0. The molecule has 0 bridgehead atoms. The Morgan fingerprint density at radius 1 is 1.42 bits per heavy atom. The molecule has 2 atom stereocenters. The maximum absolute atomic E-state index is 12.0. The Morgan fingerprint density at radius 2 is 2.21 bits per heavy atom. The Bertz CT molecular complexity index is 529. The second-order valence-electron chi connectivity index (χ2n) is 4.98. The van der Waals surface area contributed by atoms with Crippen molar-refractivity contribution in [3.8, 4) is 0 Å². The molecular formula is C14H16N2O3. The largest absolute Gasteiger partial charge is 0.462 e. The van der Waals surface area contributed by atoms with E-state index in [1.165, 1.54) is 6.92 Å². The van der Waals surface area contributed by atoms with Crippen LogP contribution in [0.15, 0.2) is 24.3 Å². The van der Waals surface area contributed by atoms with E-state index in [0.717, 1.165) is 11.3 Å². The van der Waals surface area contributed by atoms with E-state index in [2.05, 4.69) is 5.32 Å². The van der Waals surface area contributed by atoms with Crippen molar-refractivity contribution in [2.45, 2.75) is 31.9 Å². The van der Waals surface area contributed by atoms with Gasteiger partial charge in [-0.25, -0.2) is 4.79 Å². The summed E-state index contributed by atoms with van der Waals surface area (Å²) in [7, 11) is 0. The number of hydrogen-bond acceptors (Lipinski definition) is 3. The van der Waals surface area contributed by atoms with Crippen molar-refractivity contribution in [2.75, 3.05) is 11.9 Å². The lowest BCUT2D eigenvalue weighted by Gasteiger charge is -2.42. The van der Waals surface area contributed by atoms with Gasteiger partial charge in [-0.1, -0.05) is 18.2 Å². The minimum Gasteiger partial charge on any atom is -0.462 e. The first-order chi connectivity index (χ1) is 9.15. The van der Waals surface area contributed by atoms with Crippen molar-refractivity contribution in [1.82, 2.24) is 4.90 Å². The second-order valence-corrected chi connectivity index (χ2v) is 4.98.